The molecule has 0 spiro atoms. The number of piperidine rings is 1. The van der Waals surface area contributed by atoms with Crippen molar-refractivity contribution < 1.29 is 17.7 Å². The Morgan fingerprint density at radius 3 is 2.65 bits per heavy atom. The van der Waals surface area contributed by atoms with Gasteiger partial charge in [-0.15, -0.1) is 0 Å². The summed E-state index contributed by atoms with van der Waals surface area (Å²) in [7, 11) is -3.11. The zero-order chi connectivity index (χ0) is 16.3. The molecule has 0 aromatic carbocycles. The molecule has 2 aromatic heterocycles. The molecule has 3 heterocycles. The summed E-state index contributed by atoms with van der Waals surface area (Å²) in [5, 5.41) is 3.91. The van der Waals surface area contributed by atoms with Crippen LogP contribution in [0, 0.1) is 0 Å². The molecule has 0 saturated carbocycles. The van der Waals surface area contributed by atoms with Gasteiger partial charge in [0.1, 0.15) is 6.61 Å². The first-order valence-electron chi connectivity index (χ1n) is 7.32. The zero-order valence-corrected chi connectivity index (χ0v) is 13.6. The van der Waals surface area contributed by atoms with E-state index < -0.39 is 10.0 Å². The first-order chi connectivity index (χ1) is 11.0. The van der Waals surface area contributed by atoms with Crippen LogP contribution in [0.1, 0.15) is 18.7 Å². The quantitative estimate of drug-likeness (QED) is 0.804. The van der Waals surface area contributed by atoms with Crippen molar-refractivity contribution in [3.05, 3.63) is 30.4 Å². The number of nitrogens with zero attached hydrogens (tertiary/aromatic N) is 4. The largest absolute Gasteiger partial charge is 0.368 e. The molecular formula is C14H18N4O4S. The van der Waals surface area contributed by atoms with E-state index in [0.29, 0.717) is 37.6 Å². The molecule has 0 amide bonds. The highest BCUT2D eigenvalue weighted by atomic mass is 32.2. The van der Waals surface area contributed by atoms with Crippen LogP contribution in [0.4, 0.5) is 0 Å². The average Bonchev–Trinajstić information content (AvgIpc) is 3.02. The van der Waals surface area contributed by atoms with E-state index in [4.69, 9.17) is 9.26 Å². The summed E-state index contributed by atoms with van der Waals surface area (Å²) in [6.45, 7) is 1.19. The highest BCUT2D eigenvalue weighted by Gasteiger charge is 2.25. The Morgan fingerprint density at radius 2 is 2.00 bits per heavy atom. The lowest BCUT2D eigenvalue weighted by molar-refractivity contribution is -0.00111. The molecule has 0 aliphatic carbocycles. The molecule has 0 bridgehead atoms. The molecule has 23 heavy (non-hydrogen) atoms. The normalized spacial score (nSPS) is 17.4. The van der Waals surface area contributed by atoms with Crippen LogP contribution in [0.5, 0.6) is 0 Å². The van der Waals surface area contributed by atoms with Gasteiger partial charge < -0.3 is 9.26 Å². The second-order valence-electron chi connectivity index (χ2n) is 5.42. The van der Waals surface area contributed by atoms with Crippen LogP contribution in [0.15, 0.2) is 29.0 Å². The van der Waals surface area contributed by atoms with E-state index in [9.17, 15) is 8.42 Å². The highest BCUT2D eigenvalue weighted by Crippen LogP contribution is 2.18. The van der Waals surface area contributed by atoms with Crippen LogP contribution in [0.25, 0.3) is 11.4 Å². The second kappa shape index (κ2) is 6.73. The van der Waals surface area contributed by atoms with Gasteiger partial charge in [-0.25, -0.2) is 12.7 Å². The Labute approximate surface area is 134 Å². The summed E-state index contributed by atoms with van der Waals surface area (Å²) in [5.41, 5.74) is 0.830. The molecule has 124 valence electrons. The molecule has 0 unspecified atom stereocenters. The molecule has 9 heteroatoms. The van der Waals surface area contributed by atoms with Crippen molar-refractivity contribution in [1.29, 1.82) is 0 Å². The van der Waals surface area contributed by atoms with Crippen LogP contribution < -0.4 is 0 Å². The van der Waals surface area contributed by atoms with Crippen LogP contribution in [-0.2, 0) is 21.4 Å². The zero-order valence-electron chi connectivity index (χ0n) is 12.8. The molecule has 8 nitrogen and oxygen atoms in total. The standard InChI is InChI=1S/C14H18N4O4S/c1-23(19,20)18-8-4-12(5-9-18)21-10-13-16-14(17-22-13)11-2-6-15-7-3-11/h2-3,6-7,12H,4-5,8-10H2,1H3. The van der Waals surface area contributed by atoms with Crippen molar-refractivity contribution in [3.8, 4) is 11.4 Å². The van der Waals surface area contributed by atoms with Crippen molar-refractivity contribution >= 4 is 10.0 Å². The van der Waals surface area contributed by atoms with Gasteiger partial charge in [-0.1, -0.05) is 5.16 Å². The first-order valence-corrected chi connectivity index (χ1v) is 9.17. The molecule has 1 aliphatic rings. The highest BCUT2D eigenvalue weighted by molar-refractivity contribution is 7.88. The number of rotatable bonds is 5. The first kappa shape index (κ1) is 16.0. The maximum Gasteiger partial charge on any atom is 0.252 e. The Bertz CT molecular complexity index is 739. The summed E-state index contributed by atoms with van der Waals surface area (Å²) in [6, 6.07) is 3.60. The van der Waals surface area contributed by atoms with Gasteiger partial charge in [0.25, 0.3) is 5.89 Å². The van der Waals surface area contributed by atoms with Gasteiger partial charge in [-0.2, -0.15) is 4.98 Å². The van der Waals surface area contributed by atoms with Crippen molar-refractivity contribution in [3.63, 3.8) is 0 Å². The Balaban J connectivity index is 1.51. The van der Waals surface area contributed by atoms with E-state index in [-0.39, 0.29) is 12.7 Å². The van der Waals surface area contributed by atoms with Gasteiger partial charge in [0.05, 0.1) is 12.4 Å². The lowest BCUT2D eigenvalue weighted by atomic mass is 10.1. The summed E-state index contributed by atoms with van der Waals surface area (Å²) in [5.74, 6) is 0.903. The topological polar surface area (TPSA) is 98.4 Å². The smallest absolute Gasteiger partial charge is 0.252 e. The Morgan fingerprint density at radius 1 is 1.30 bits per heavy atom. The molecule has 1 saturated heterocycles. The second-order valence-corrected chi connectivity index (χ2v) is 7.40. The molecule has 2 aromatic rings. The van der Waals surface area contributed by atoms with Gasteiger partial charge in [0, 0.05) is 31.0 Å². The fourth-order valence-electron chi connectivity index (χ4n) is 2.45. The van der Waals surface area contributed by atoms with Gasteiger partial charge in [-0.3, -0.25) is 4.98 Å². The molecule has 0 N–H and O–H groups in total. The van der Waals surface area contributed by atoms with Crippen molar-refractivity contribution in [1.82, 2.24) is 19.4 Å². The van der Waals surface area contributed by atoms with Gasteiger partial charge in [0.15, 0.2) is 0 Å². The monoisotopic (exact) mass is 338 g/mol. The predicted molar refractivity (Wildman–Crippen MR) is 81.8 cm³/mol. The molecular weight excluding hydrogens is 320 g/mol. The Hall–Kier alpha value is -1.84. The Kier molecular flexibility index (Phi) is 4.69. The van der Waals surface area contributed by atoms with Crippen LogP contribution in [0.2, 0.25) is 0 Å². The van der Waals surface area contributed by atoms with Gasteiger partial charge in [0.2, 0.25) is 15.8 Å². The number of hydrogen-bond acceptors (Lipinski definition) is 7. The van der Waals surface area contributed by atoms with Crippen LogP contribution in [-0.4, -0.2) is 53.3 Å². The third-order valence-electron chi connectivity index (χ3n) is 3.72. The number of ether oxygens (including phenoxy) is 1. The predicted octanol–water partition coefficient (Wildman–Crippen LogP) is 1.07. The van der Waals surface area contributed by atoms with Crippen LogP contribution in [0.3, 0.4) is 0 Å². The lowest BCUT2D eigenvalue weighted by Gasteiger charge is -2.29. The molecule has 0 radical (unpaired) electrons. The average molecular weight is 338 g/mol. The third kappa shape index (κ3) is 4.12. The number of hydrogen-bond donors (Lipinski definition) is 0. The van der Waals surface area contributed by atoms with Crippen molar-refractivity contribution in [2.24, 2.45) is 0 Å². The third-order valence-corrected chi connectivity index (χ3v) is 5.02. The maximum absolute atomic E-state index is 11.5. The summed E-state index contributed by atoms with van der Waals surface area (Å²) < 4.78 is 35.3. The number of sulfonamides is 1. The number of pyridine rings is 1. The molecule has 0 atom stereocenters. The fourth-order valence-corrected chi connectivity index (χ4v) is 3.33. The van der Waals surface area contributed by atoms with Crippen LogP contribution >= 0.6 is 0 Å². The van der Waals surface area contributed by atoms with E-state index in [1.54, 1.807) is 24.5 Å². The van der Waals surface area contributed by atoms with E-state index >= 15 is 0 Å². The minimum atomic E-state index is -3.11. The SMILES string of the molecule is CS(=O)(=O)N1CCC(OCc2nc(-c3ccncc3)no2)CC1. The fraction of sp³-hybridized carbons (Fsp3) is 0.500. The summed E-state index contributed by atoms with van der Waals surface area (Å²) in [4.78, 5) is 8.22. The summed E-state index contributed by atoms with van der Waals surface area (Å²) >= 11 is 0. The van der Waals surface area contributed by atoms with Gasteiger partial charge in [-0.05, 0) is 25.0 Å². The van der Waals surface area contributed by atoms with E-state index in [0.717, 1.165) is 5.56 Å². The lowest BCUT2D eigenvalue weighted by Crippen LogP contribution is -2.40. The minimum Gasteiger partial charge on any atom is -0.368 e. The van der Waals surface area contributed by atoms with Crippen molar-refractivity contribution in [2.45, 2.75) is 25.6 Å². The molecule has 1 aliphatic heterocycles. The van der Waals surface area contributed by atoms with E-state index in [2.05, 4.69) is 15.1 Å². The van der Waals surface area contributed by atoms with E-state index in [1.807, 2.05) is 0 Å². The van der Waals surface area contributed by atoms with Gasteiger partial charge >= 0.3 is 0 Å². The maximum atomic E-state index is 11.5. The van der Waals surface area contributed by atoms with E-state index in [1.165, 1.54) is 10.6 Å². The minimum absolute atomic E-state index is 0.00396. The number of aromatic nitrogens is 3. The summed E-state index contributed by atoms with van der Waals surface area (Å²) in [6.07, 6.45) is 5.89. The molecule has 1 fully saturated rings. The molecule has 3 rings (SSSR count). The van der Waals surface area contributed by atoms with Crippen molar-refractivity contribution in [2.75, 3.05) is 19.3 Å².